The summed E-state index contributed by atoms with van der Waals surface area (Å²) in [6.45, 7) is 4.53. The van der Waals surface area contributed by atoms with Crippen LogP contribution in [-0.2, 0) is 4.79 Å². The summed E-state index contributed by atoms with van der Waals surface area (Å²) in [7, 11) is 1.66. The number of nitrogens with one attached hydrogen (secondary N) is 2. The molecule has 3 aromatic rings. The second kappa shape index (κ2) is 8.93. The summed E-state index contributed by atoms with van der Waals surface area (Å²) in [6, 6.07) is 15.7. The van der Waals surface area contributed by atoms with E-state index in [-0.39, 0.29) is 17.7 Å². The minimum absolute atomic E-state index is 0.00939. The standard InChI is InChI=1S/C23H29N3O2/c1-4-15(2)22(24)23(27)26-13-19(16-9-11-17(28-3)12-10-16)20-14-25-21-8-6-5-7-18(20)21/h5-12,14-15,19,22,25H,4,13,24H2,1-3H3,(H,26,27). The molecule has 0 radical (unpaired) electrons. The monoisotopic (exact) mass is 379 g/mol. The quantitative estimate of drug-likeness (QED) is 0.557. The van der Waals surface area contributed by atoms with E-state index in [4.69, 9.17) is 10.5 Å². The highest BCUT2D eigenvalue weighted by molar-refractivity contribution is 5.85. The summed E-state index contributed by atoms with van der Waals surface area (Å²) in [5.74, 6) is 0.861. The maximum Gasteiger partial charge on any atom is 0.237 e. The second-order valence-electron chi connectivity index (χ2n) is 7.27. The van der Waals surface area contributed by atoms with E-state index in [0.29, 0.717) is 6.54 Å². The maximum absolute atomic E-state index is 12.5. The number of rotatable bonds is 8. The van der Waals surface area contributed by atoms with E-state index >= 15 is 0 Å². The first-order valence-electron chi connectivity index (χ1n) is 9.78. The third kappa shape index (κ3) is 4.20. The number of nitrogens with two attached hydrogens (primary N) is 1. The highest BCUT2D eigenvalue weighted by atomic mass is 16.5. The zero-order chi connectivity index (χ0) is 20.1. The van der Waals surface area contributed by atoms with Crippen molar-refractivity contribution in [2.45, 2.75) is 32.2 Å². The van der Waals surface area contributed by atoms with Crippen LogP contribution in [0.15, 0.2) is 54.7 Å². The normalized spacial score (nSPS) is 14.4. The number of ether oxygens (including phenoxy) is 1. The molecule has 3 unspecified atom stereocenters. The Morgan fingerprint density at radius 2 is 1.89 bits per heavy atom. The summed E-state index contributed by atoms with van der Waals surface area (Å²) in [5, 5.41) is 4.23. The summed E-state index contributed by atoms with van der Waals surface area (Å²) < 4.78 is 5.29. The van der Waals surface area contributed by atoms with Crippen molar-refractivity contribution in [2.24, 2.45) is 11.7 Å². The van der Waals surface area contributed by atoms with Gasteiger partial charge < -0.3 is 20.8 Å². The number of hydrogen-bond donors (Lipinski definition) is 3. The second-order valence-corrected chi connectivity index (χ2v) is 7.27. The van der Waals surface area contributed by atoms with Gasteiger partial charge in [-0.25, -0.2) is 0 Å². The fourth-order valence-electron chi connectivity index (χ4n) is 3.46. The Morgan fingerprint density at radius 1 is 1.18 bits per heavy atom. The highest BCUT2D eigenvalue weighted by Crippen LogP contribution is 2.31. The molecule has 0 fully saturated rings. The van der Waals surface area contributed by atoms with Gasteiger partial charge in [0.1, 0.15) is 5.75 Å². The summed E-state index contributed by atoms with van der Waals surface area (Å²) in [5.41, 5.74) is 9.46. The number of aromatic amines is 1. The molecule has 0 spiro atoms. The lowest BCUT2D eigenvalue weighted by Gasteiger charge is -2.22. The van der Waals surface area contributed by atoms with Crippen LogP contribution >= 0.6 is 0 Å². The SMILES string of the molecule is CCC(C)C(N)C(=O)NCC(c1ccc(OC)cc1)c1c[nH]c2ccccc12. The van der Waals surface area contributed by atoms with E-state index in [2.05, 4.69) is 22.4 Å². The number of carbonyl (C=O) groups is 1. The zero-order valence-electron chi connectivity index (χ0n) is 16.7. The van der Waals surface area contributed by atoms with Crippen LogP contribution in [0.25, 0.3) is 10.9 Å². The first-order valence-corrected chi connectivity index (χ1v) is 9.78. The Hall–Kier alpha value is -2.79. The van der Waals surface area contributed by atoms with Gasteiger partial charge in [-0.2, -0.15) is 0 Å². The molecule has 0 saturated heterocycles. The predicted octanol–water partition coefficient (Wildman–Crippen LogP) is 3.80. The van der Waals surface area contributed by atoms with Gasteiger partial charge in [0.05, 0.1) is 13.2 Å². The van der Waals surface area contributed by atoms with Gasteiger partial charge in [-0.05, 0) is 35.2 Å². The number of H-pyrrole nitrogens is 1. The molecule has 0 saturated carbocycles. The third-order valence-electron chi connectivity index (χ3n) is 5.55. The lowest BCUT2D eigenvalue weighted by molar-refractivity contribution is -0.123. The van der Waals surface area contributed by atoms with Crippen LogP contribution in [-0.4, -0.2) is 30.6 Å². The Kier molecular flexibility index (Phi) is 6.37. The third-order valence-corrected chi connectivity index (χ3v) is 5.55. The van der Waals surface area contributed by atoms with Crippen molar-refractivity contribution in [3.05, 3.63) is 65.9 Å². The highest BCUT2D eigenvalue weighted by Gasteiger charge is 2.23. The molecule has 5 nitrogen and oxygen atoms in total. The minimum Gasteiger partial charge on any atom is -0.497 e. The van der Waals surface area contributed by atoms with E-state index in [9.17, 15) is 4.79 Å². The zero-order valence-corrected chi connectivity index (χ0v) is 16.7. The Morgan fingerprint density at radius 3 is 2.57 bits per heavy atom. The van der Waals surface area contributed by atoms with Crippen LogP contribution in [0.1, 0.15) is 37.3 Å². The molecule has 2 aromatic carbocycles. The molecule has 1 aromatic heterocycles. The van der Waals surface area contributed by atoms with E-state index in [0.717, 1.165) is 34.2 Å². The topological polar surface area (TPSA) is 80.1 Å². The van der Waals surface area contributed by atoms with E-state index < -0.39 is 6.04 Å². The number of hydrogen-bond acceptors (Lipinski definition) is 3. The number of fused-ring (bicyclic) bond motifs is 1. The van der Waals surface area contributed by atoms with E-state index in [1.807, 2.05) is 56.4 Å². The Labute approximate surface area is 166 Å². The van der Waals surface area contributed by atoms with Crippen molar-refractivity contribution in [1.29, 1.82) is 0 Å². The fraction of sp³-hybridized carbons (Fsp3) is 0.348. The summed E-state index contributed by atoms with van der Waals surface area (Å²) in [6.07, 6.45) is 2.90. The Bertz CT molecular complexity index is 917. The molecule has 0 aliphatic rings. The molecular weight excluding hydrogens is 350 g/mol. The molecule has 3 atom stereocenters. The molecule has 28 heavy (non-hydrogen) atoms. The van der Waals surface area contributed by atoms with Gasteiger partial charge in [0.25, 0.3) is 0 Å². The van der Waals surface area contributed by atoms with Crippen LogP contribution in [0, 0.1) is 5.92 Å². The average molecular weight is 380 g/mol. The number of para-hydroxylation sites is 1. The van der Waals surface area contributed by atoms with Crippen molar-refractivity contribution >= 4 is 16.8 Å². The van der Waals surface area contributed by atoms with Crippen LogP contribution in [0.5, 0.6) is 5.75 Å². The van der Waals surface area contributed by atoms with Gasteiger partial charge in [-0.3, -0.25) is 4.79 Å². The van der Waals surface area contributed by atoms with E-state index in [1.54, 1.807) is 7.11 Å². The molecule has 3 rings (SSSR count). The van der Waals surface area contributed by atoms with Gasteiger partial charge in [-0.15, -0.1) is 0 Å². The Balaban J connectivity index is 1.89. The van der Waals surface area contributed by atoms with Gasteiger partial charge in [0, 0.05) is 29.6 Å². The van der Waals surface area contributed by atoms with Crippen molar-refractivity contribution in [2.75, 3.05) is 13.7 Å². The lowest BCUT2D eigenvalue weighted by atomic mass is 9.90. The number of amides is 1. The maximum atomic E-state index is 12.5. The molecule has 1 heterocycles. The minimum atomic E-state index is -0.496. The number of aromatic nitrogens is 1. The summed E-state index contributed by atoms with van der Waals surface area (Å²) in [4.78, 5) is 15.9. The smallest absolute Gasteiger partial charge is 0.237 e. The lowest BCUT2D eigenvalue weighted by Crippen LogP contribution is -2.45. The van der Waals surface area contributed by atoms with Gasteiger partial charge in [0.2, 0.25) is 5.91 Å². The van der Waals surface area contributed by atoms with Crippen LogP contribution < -0.4 is 15.8 Å². The largest absolute Gasteiger partial charge is 0.497 e. The molecule has 0 bridgehead atoms. The van der Waals surface area contributed by atoms with Gasteiger partial charge in [-0.1, -0.05) is 50.6 Å². The van der Waals surface area contributed by atoms with Crippen LogP contribution in [0.2, 0.25) is 0 Å². The number of carbonyl (C=O) groups excluding carboxylic acids is 1. The molecule has 5 heteroatoms. The van der Waals surface area contributed by atoms with E-state index in [1.165, 1.54) is 0 Å². The van der Waals surface area contributed by atoms with Crippen LogP contribution in [0.3, 0.4) is 0 Å². The fourth-order valence-corrected chi connectivity index (χ4v) is 3.46. The van der Waals surface area contributed by atoms with Crippen molar-refractivity contribution < 1.29 is 9.53 Å². The van der Waals surface area contributed by atoms with Gasteiger partial charge >= 0.3 is 0 Å². The molecule has 1 amide bonds. The van der Waals surface area contributed by atoms with Crippen LogP contribution in [0.4, 0.5) is 0 Å². The summed E-state index contributed by atoms with van der Waals surface area (Å²) >= 11 is 0. The first-order chi connectivity index (χ1) is 13.5. The number of methoxy groups -OCH3 is 1. The van der Waals surface area contributed by atoms with Crippen molar-refractivity contribution in [3.63, 3.8) is 0 Å². The first kappa shape index (κ1) is 20.0. The van der Waals surface area contributed by atoms with Crippen molar-refractivity contribution in [3.8, 4) is 5.75 Å². The predicted molar refractivity (Wildman–Crippen MR) is 114 cm³/mol. The molecule has 4 N–H and O–H groups in total. The molecule has 0 aliphatic heterocycles. The number of benzene rings is 2. The molecular formula is C23H29N3O2. The average Bonchev–Trinajstić information content (AvgIpc) is 3.17. The van der Waals surface area contributed by atoms with Crippen molar-refractivity contribution in [1.82, 2.24) is 10.3 Å². The molecule has 148 valence electrons. The molecule has 0 aliphatic carbocycles. The van der Waals surface area contributed by atoms with Gasteiger partial charge in [0.15, 0.2) is 0 Å².